The Morgan fingerprint density at radius 3 is 2.51 bits per heavy atom. The van der Waals surface area contributed by atoms with Gasteiger partial charge in [0.15, 0.2) is 0 Å². The van der Waals surface area contributed by atoms with Crippen molar-refractivity contribution in [3.05, 3.63) is 77.5 Å². The average Bonchev–Trinajstić information content (AvgIpc) is 2.87. The van der Waals surface area contributed by atoms with E-state index in [2.05, 4.69) is 27.8 Å². The minimum absolute atomic E-state index is 0.00528. The van der Waals surface area contributed by atoms with Gasteiger partial charge in [0, 0.05) is 43.5 Å². The predicted molar refractivity (Wildman–Crippen MR) is 136 cm³/mol. The van der Waals surface area contributed by atoms with Crippen LogP contribution in [0.2, 0.25) is 0 Å². The van der Waals surface area contributed by atoms with E-state index in [1.54, 1.807) is 37.4 Å². The molecule has 2 amide bonds. The molecular weight excluding hydrogens is 440 g/mol. The zero-order chi connectivity index (χ0) is 24.9. The number of pyridine rings is 1. The Hall–Kier alpha value is -4.22. The van der Waals surface area contributed by atoms with Crippen molar-refractivity contribution in [1.82, 2.24) is 10.3 Å². The second kappa shape index (κ2) is 10.4. The molecule has 0 bridgehead atoms. The molecule has 2 heterocycles. The number of carbonyl (C=O) groups excluding carboxylic acids is 2. The molecule has 4 rings (SSSR count). The molecule has 3 aromatic rings. The summed E-state index contributed by atoms with van der Waals surface area (Å²) < 4.78 is 0. The van der Waals surface area contributed by atoms with Crippen LogP contribution in [0.15, 0.2) is 60.8 Å². The molecule has 0 unspecified atom stereocenters. The van der Waals surface area contributed by atoms with E-state index >= 15 is 0 Å². The quantitative estimate of drug-likeness (QED) is 0.508. The van der Waals surface area contributed by atoms with Crippen LogP contribution in [0.5, 0.6) is 0 Å². The number of aromatic nitrogens is 1. The molecule has 1 aliphatic heterocycles. The van der Waals surface area contributed by atoms with Gasteiger partial charge in [-0.2, -0.15) is 5.26 Å². The fourth-order valence-corrected chi connectivity index (χ4v) is 4.49. The summed E-state index contributed by atoms with van der Waals surface area (Å²) in [6.45, 7) is 4.44. The number of amides is 2. The van der Waals surface area contributed by atoms with Crippen LogP contribution in [-0.4, -0.2) is 35.9 Å². The number of carbonyl (C=O) groups is 2. The predicted octanol–water partition coefficient (Wildman–Crippen LogP) is 3.61. The number of rotatable bonds is 6. The first kappa shape index (κ1) is 23.9. The monoisotopic (exact) mass is 468 g/mol. The van der Waals surface area contributed by atoms with Crippen molar-refractivity contribution in [3.63, 3.8) is 0 Å². The van der Waals surface area contributed by atoms with E-state index in [0.717, 1.165) is 22.4 Å². The maximum Gasteiger partial charge on any atom is 0.251 e. The molecule has 35 heavy (non-hydrogen) atoms. The number of fused-ring (bicyclic) bond motifs is 1. The Morgan fingerprint density at radius 2 is 1.89 bits per heavy atom. The Kier molecular flexibility index (Phi) is 7.09. The highest BCUT2D eigenvalue weighted by molar-refractivity contribution is 5.95. The summed E-state index contributed by atoms with van der Waals surface area (Å²) >= 11 is 0. The van der Waals surface area contributed by atoms with Crippen LogP contribution in [0.4, 0.5) is 11.5 Å². The fraction of sp³-hybridized carbons (Fsp3) is 0.259. The van der Waals surface area contributed by atoms with Crippen molar-refractivity contribution >= 4 is 23.3 Å². The smallest absolute Gasteiger partial charge is 0.251 e. The van der Waals surface area contributed by atoms with Gasteiger partial charge in [0.25, 0.3) is 5.91 Å². The molecule has 1 aromatic heterocycles. The lowest BCUT2D eigenvalue weighted by molar-refractivity contribution is -0.117. The zero-order valence-corrected chi connectivity index (χ0v) is 19.8. The maximum absolute atomic E-state index is 12.5. The molecule has 0 spiro atoms. The van der Waals surface area contributed by atoms with Gasteiger partial charge >= 0.3 is 0 Å². The van der Waals surface area contributed by atoms with E-state index < -0.39 is 0 Å². The number of anilines is 2. The summed E-state index contributed by atoms with van der Waals surface area (Å²) in [6, 6.07) is 19.0. The molecule has 0 fully saturated rings. The molecule has 2 aromatic carbocycles. The number of nitriles is 1. The zero-order valence-electron chi connectivity index (χ0n) is 19.8. The van der Waals surface area contributed by atoms with E-state index in [1.807, 2.05) is 36.1 Å². The van der Waals surface area contributed by atoms with Crippen LogP contribution in [0.25, 0.3) is 11.1 Å². The van der Waals surface area contributed by atoms with Crippen LogP contribution < -0.4 is 21.3 Å². The van der Waals surface area contributed by atoms with Gasteiger partial charge in [-0.25, -0.2) is 4.98 Å². The molecule has 0 radical (unpaired) electrons. The number of hydrogen-bond donors (Lipinski definition) is 3. The fourth-order valence-electron chi connectivity index (χ4n) is 4.49. The molecule has 2 atom stereocenters. The SMILES string of the molecule is CC(=O)N1c2ccc(-c3ccc(C(=O)NCCN)cc3)cc2[C@H](Nc2ccc(C#N)cn2)C[C@@H]1C. The van der Waals surface area contributed by atoms with Crippen LogP contribution in [0.3, 0.4) is 0 Å². The van der Waals surface area contributed by atoms with Crippen molar-refractivity contribution in [1.29, 1.82) is 5.26 Å². The van der Waals surface area contributed by atoms with E-state index in [0.29, 0.717) is 36.5 Å². The average molecular weight is 469 g/mol. The van der Waals surface area contributed by atoms with Crippen molar-refractivity contribution < 1.29 is 9.59 Å². The molecule has 178 valence electrons. The summed E-state index contributed by atoms with van der Waals surface area (Å²) in [6.07, 6.45) is 2.25. The maximum atomic E-state index is 12.5. The van der Waals surface area contributed by atoms with E-state index in [-0.39, 0.29) is 23.9 Å². The van der Waals surface area contributed by atoms with Gasteiger partial charge in [-0.3, -0.25) is 9.59 Å². The molecule has 8 heteroatoms. The second-order valence-corrected chi connectivity index (χ2v) is 8.61. The van der Waals surface area contributed by atoms with Crippen molar-refractivity contribution in [2.24, 2.45) is 5.73 Å². The third-order valence-corrected chi connectivity index (χ3v) is 6.14. The van der Waals surface area contributed by atoms with Gasteiger partial charge in [-0.1, -0.05) is 18.2 Å². The Morgan fingerprint density at radius 1 is 1.14 bits per heavy atom. The van der Waals surface area contributed by atoms with Crippen molar-refractivity contribution in [3.8, 4) is 17.2 Å². The highest BCUT2D eigenvalue weighted by Gasteiger charge is 2.32. The van der Waals surface area contributed by atoms with Gasteiger partial charge in [0.1, 0.15) is 11.9 Å². The van der Waals surface area contributed by atoms with Gasteiger partial charge in [0.05, 0.1) is 11.6 Å². The number of nitrogens with two attached hydrogens (primary N) is 1. The number of nitrogens with one attached hydrogen (secondary N) is 2. The third-order valence-electron chi connectivity index (χ3n) is 6.14. The third kappa shape index (κ3) is 5.15. The van der Waals surface area contributed by atoms with Gasteiger partial charge in [0.2, 0.25) is 5.91 Å². The van der Waals surface area contributed by atoms with Crippen LogP contribution in [0.1, 0.15) is 47.8 Å². The first-order valence-electron chi connectivity index (χ1n) is 11.6. The van der Waals surface area contributed by atoms with Crippen LogP contribution in [0, 0.1) is 11.3 Å². The molecule has 0 aliphatic carbocycles. The summed E-state index contributed by atoms with van der Waals surface area (Å²) in [5.41, 5.74) is 10.3. The second-order valence-electron chi connectivity index (χ2n) is 8.61. The number of benzene rings is 2. The normalized spacial score (nSPS) is 16.7. The minimum Gasteiger partial charge on any atom is -0.363 e. The lowest BCUT2D eigenvalue weighted by atomic mass is 9.89. The molecule has 0 saturated heterocycles. The topological polar surface area (TPSA) is 124 Å². The van der Waals surface area contributed by atoms with E-state index in [9.17, 15) is 9.59 Å². The Labute approximate surface area is 204 Å². The lowest BCUT2D eigenvalue weighted by Crippen LogP contribution is -2.43. The molecule has 1 aliphatic rings. The highest BCUT2D eigenvalue weighted by atomic mass is 16.2. The Balaban J connectivity index is 1.67. The first-order valence-corrected chi connectivity index (χ1v) is 11.6. The first-order chi connectivity index (χ1) is 16.9. The van der Waals surface area contributed by atoms with Crippen molar-refractivity contribution in [2.45, 2.75) is 32.4 Å². The van der Waals surface area contributed by atoms with E-state index in [4.69, 9.17) is 11.0 Å². The summed E-state index contributed by atoms with van der Waals surface area (Å²) in [7, 11) is 0. The summed E-state index contributed by atoms with van der Waals surface area (Å²) in [4.78, 5) is 30.8. The highest BCUT2D eigenvalue weighted by Crippen LogP contribution is 2.41. The molecule has 0 saturated carbocycles. The van der Waals surface area contributed by atoms with Gasteiger partial charge in [-0.15, -0.1) is 0 Å². The standard InChI is InChI=1S/C27H28N6O2/c1-17-13-24(32-26-10-3-19(15-29)16-31-26)23-14-22(8-9-25(23)33(17)18(2)34)20-4-6-21(7-5-20)27(35)30-12-11-28/h3-10,14,16-17,24H,11-13,28H2,1-2H3,(H,30,35)(H,31,32)/t17-,24+/m0/s1. The van der Waals surface area contributed by atoms with Crippen LogP contribution in [-0.2, 0) is 4.79 Å². The summed E-state index contributed by atoms with van der Waals surface area (Å²) in [5, 5.41) is 15.3. The van der Waals surface area contributed by atoms with Gasteiger partial charge < -0.3 is 21.3 Å². The molecule has 8 nitrogen and oxygen atoms in total. The summed E-state index contributed by atoms with van der Waals surface area (Å²) in [5.74, 6) is 0.508. The minimum atomic E-state index is -0.155. The lowest BCUT2D eigenvalue weighted by Gasteiger charge is -2.39. The van der Waals surface area contributed by atoms with Gasteiger partial charge in [-0.05, 0) is 66.4 Å². The van der Waals surface area contributed by atoms with E-state index in [1.165, 1.54) is 0 Å². The Bertz CT molecular complexity index is 1260. The largest absolute Gasteiger partial charge is 0.363 e. The molecular formula is C27H28N6O2. The number of hydrogen-bond acceptors (Lipinski definition) is 6. The van der Waals surface area contributed by atoms with Crippen LogP contribution >= 0.6 is 0 Å². The van der Waals surface area contributed by atoms with Crippen molar-refractivity contribution in [2.75, 3.05) is 23.3 Å². The molecule has 4 N–H and O–H groups in total. The number of nitrogens with zero attached hydrogens (tertiary/aromatic N) is 3.